The Hall–Kier alpha value is -3.00. The molecule has 28 heavy (non-hydrogen) atoms. The fourth-order valence-electron chi connectivity index (χ4n) is 2.33. The average molecular weight is 393 g/mol. The molecule has 0 aromatic heterocycles. The van der Waals surface area contributed by atoms with Crippen LogP contribution < -0.4 is 10.1 Å². The second-order valence-electron chi connectivity index (χ2n) is 5.83. The van der Waals surface area contributed by atoms with Crippen molar-refractivity contribution in [1.29, 1.82) is 0 Å². The molecule has 1 amide bonds. The zero-order chi connectivity index (χ0) is 20.7. The Morgan fingerprint density at radius 3 is 2.50 bits per heavy atom. The Balaban J connectivity index is 2.04. The molecule has 2 aromatic rings. The summed E-state index contributed by atoms with van der Waals surface area (Å²) >= 11 is 0. The molecule has 0 aliphatic heterocycles. The minimum absolute atomic E-state index is 0.0512. The first-order chi connectivity index (χ1) is 13.3. The van der Waals surface area contributed by atoms with E-state index >= 15 is 0 Å². The van der Waals surface area contributed by atoms with Gasteiger partial charge in [-0.05, 0) is 44.2 Å². The summed E-state index contributed by atoms with van der Waals surface area (Å²) in [6.07, 6.45) is -1.15. The molecule has 2 aromatic carbocycles. The standard InChI is InChI=1S/C20H21F2NO5/c1-4-27-11-14-9-13(5-8-18(14)26-3)20(25)28-12(2)19(24)23-15-6-7-16(21)17(22)10-15/h5-10,12H,4,11H2,1-3H3,(H,23,24)/t12-/m1/s1. The Labute approximate surface area is 161 Å². The number of rotatable bonds is 8. The van der Waals surface area contributed by atoms with E-state index in [0.29, 0.717) is 17.9 Å². The number of carbonyl (C=O) groups is 2. The van der Waals surface area contributed by atoms with Gasteiger partial charge in [-0.2, -0.15) is 0 Å². The molecule has 2 rings (SSSR count). The minimum Gasteiger partial charge on any atom is -0.496 e. The van der Waals surface area contributed by atoms with Gasteiger partial charge in [0.05, 0.1) is 19.3 Å². The van der Waals surface area contributed by atoms with Gasteiger partial charge in [0.15, 0.2) is 17.7 Å². The maximum atomic E-state index is 13.2. The van der Waals surface area contributed by atoms with Crippen LogP contribution in [0.3, 0.4) is 0 Å². The molecule has 0 fully saturated rings. The van der Waals surface area contributed by atoms with Crippen LogP contribution in [0, 0.1) is 11.6 Å². The van der Waals surface area contributed by atoms with Crippen LogP contribution in [-0.2, 0) is 20.9 Å². The van der Waals surface area contributed by atoms with Gasteiger partial charge in [0.2, 0.25) is 0 Å². The number of esters is 1. The number of halogens is 2. The average Bonchev–Trinajstić information content (AvgIpc) is 2.68. The third-order valence-electron chi connectivity index (χ3n) is 3.82. The SMILES string of the molecule is CCOCc1cc(C(=O)O[C@H](C)C(=O)Nc2ccc(F)c(F)c2)ccc1OC. The molecule has 6 nitrogen and oxygen atoms in total. The highest BCUT2D eigenvalue weighted by atomic mass is 19.2. The van der Waals surface area contributed by atoms with E-state index in [-0.39, 0.29) is 17.9 Å². The molecule has 0 saturated heterocycles. The van der Waals surface area contributed by atoms with Crippen molar-refractivity contribution in [3.05, 3.63) is 59.2 Å². The fraction of sp³-hybridized carbons (Fsp3) is 0.300. The van der Waals surface area contributed by atoms with E-state index in [2.05, 4.69) is 5.32 Å². The number of benzene rings is 2. The number of hydrogen-bond donors (Lipinski definition) is 1. The van der Waals surface area contributed by atoms with Gasteiger partial charge in [-0.25, -0.2) is 13.6 Å². The van der Waals surface area contributed by atoms with Crippen molar-refractivity contribution in [2.75, 3.05) is 19.0 Å². The van der Waals surface area contributed by atoms with Crippen LogP contribution >= 0.6 is 0 Å². The Morgan fingerprint density at radius 2 is 1.86 bits per heavy atom. The monoisotopic (exact) mass is 393 g/mol. The van der Waals surface area contributed by atoms with Gasteiger partial charge in [-0.3, -0.25) is 4.79 Å². The first-order valence-corrected chi connectivity index (χ1v) is 8.57. The molecular formula is C20H21F2NO5. The second-order valence-corrected chi connectivity index (χ2v) is 5.83. The maximum absolute atomic E-state index is 13.2. The lowest BCUT2D eigenvalue weighted by Crippen LogP contribution is -2.30. The third kappa shape index (κ3) is 5.50. The van der Waals surface area contributed by atoms with Crippen molar-refractivity contribution in [2.24, 2.45) is 0 Å². The topological polar surface area (TPSA) is 73.9 Å². The quantitative estimate of drug-likeness (QED) is 0.693. The van der Waals surface area contributed by atoms with Gasteiger partial charge in [0.1, 0.15) is 5.75 Å². The summed E-state index contributed by atoms with van der Waals surface area (Å²) in [4.78, 5) is 24.5. The summed E-state index contributed by atoms with van der Waals surface area (Å²) in [5.74, 6) is -2.95. The van der Waals surface area contributed by atoms with E-state index in [9.17, 15) is 18.4 Å². The lowest BCUT2D eigenvalue weighted by atomic mass is 10.1. The molecule has 0 bridgehead atoms. The number of anilines is 1. The molecule has 8 heteroatoms. The number of methoxy groups -OCH3 is 1. The van der Waals surface area contributed by atoms with Gasteiger partial charge < -0.3 is 19.5 Å². The Kier molecular flexibility index (Phi) is 7.45. The molecule has 0 radical (unpaired) electrons. The largest absolute Gasteiger partial charge is 0.496 e. The van der Waals surface area contributed by atoms with Crippen molar-refractivity contribution >= 4 is 17.6 Å². The van der Waals surface area contributed by atoms with Crippen LogP contribution in [0.1, 0.15) is 29.8 Å². The van der Waals surface area contributed by atoms with E-state index in [1.807, 2.05) is 6.92 Å². The van der Waals surface area contributed by atoms with Crippen LogP contribution in [0.2, 0.25) is 0 Å². The molecular weight excluding hydrogens is 372 g/mol. The van der Waals surface area contributed by atoms with E-state index < -0.39 is 29.6 Å². The van der Waals surface area contributed by atoms with E-state index in [4.69, 9.17) is 14.2 Å². The highest BCUT2D eigenvalue weighted by Crippen LogP contribution is 2.22. The van der Waals surface area contributed by atoms with Crippen molar-refractivity contribution in [3.63, 3.8) is 0 Å². The summed E-state index contributed by atoms with van der Waals surface area (Å²) in [6, 6.07) is 7.61. The second kappa shape index (κ2) is 9.80. The maximum Gasteiger partial charge on any atom is 0.338 e. The van der Waals surface area contributed by atoms with Gasteiger partial charge in [-0.15, -0.1) is 0 Å². The summed E-state index contributed by atoms with van der Waals surface area (Å²) in [5, 5.41) is 2.36. The summed E-state index contributed by atoms with van der Waals surface area (Å²) in [5.41, 5.74) is 0.941. The lowest BCUT2D eigenvalue weighted by Gasteiger charge is -2.15. The molecule has 0 heterocycles. The Bertz CT molecular complexity index is 856. The van der Waals surface area contributed by atoms with Crippen molar-refractivity contribution < 1.29 is 32.6 Å². The fourth-order valence-corrected chi connectivity index (χ4v) is 2.33. The van der Waals surface area contributed by atoms with Gasteiger partial charge in [-0.1, -0.05) is 0 Å². The minimum atomic E-state index is -1.15. The molecule has 0 aliphatic rings. The van der Waals surface area contributed by atoms with E-state index in [1.54, 1.807) is 12.1 Å². The molecule has 1 N–H and O–H groups in total. The zero-order valence-corrected chi connectivity index (χ0v) is 15.8. The highest BCUT2D eigenvalue weighted by Gasteiger charge is 2.20. The van der Waals surface area contributed by atoms with E-state index in [0.717, 1.165) is 12.1 Å². The summed E-state index contributed by atoms with van der Waals surface area (Å²) in [7, 11) is 1.51. The number of hydrogen-bond acceptors (Lipinski definition) is 5. The Morgan fingerprint density at radius 1 is 1.11 bits per heavy atom. The predicted molar refractivity (Wildman–Crippen MR) is 98.2 cm³/mol. The molecule has 0 unspecified atom stereocenters. The number of carbonyl (C=O) groups excluding carboxylic acids is 2. The molecule has 0 saturated carbocycles. The first kappa shape index (κ1) is 21.3. The normalized spacial score (nSPS) is 11.6. The van der Waals surface area contributed by atoms with Gasteiger partial charge in [0.25, 0.3) is 5.91 Å². The van der Waals surface area contributed by atoms with Crippen LogP contribution in [0.25, 0.3) is 0 Å². The van der Waals surface area contributed by atoms with Crippen molar-refractivity contribution in [3.8, 4) is 5.75 Å². The molecule has 150 valence electrons. The number of ether oxygens (including phenoxy) is 3. The number of nitrogens with one attached hydrogen (secondary N) is 1. The lowest BCUT2D eigenvalue weighted by molar-refractivity contribution is -0.123. The van der Waals surface area contributed by atoms with Crippen LogP contribution in [0.15, 0.2) is 36.4 Å². The summed E-state index contributed by atoms with van der Waals surface area (Å²) in [6.45, 7) is 3.97. The molecule has 0 aliphatic carbocycles. The van der Waals surface area contributed by atoms with Crippen molar-refractivity contribution in [2.45, 2.75) is 26.6 Å². The van der Waals surface area contributed by atoms with Crippen LogP contribution in [-0.4, -0.2) is 31.7 Å². The highest BCUT2D eigenvalue weighted by molar-refractivity contribution is 5.97. The third-order valence-corrected chi connectivity index (χ3v) is 3.82. The predicted octanol–water partition coefficient (Wildman–Crippen LogP) is 3.69. The van der Waals surface area contributed by atoms with Gasteiger partial charge in [0, 0.05) is 23.9 Å². The molecule has 1 atom stereocenters. The first-order valence-electron chi connectivity index (χ1n) is 8.57. The zero-order valence-electron chi connectivity index (χ0n) is 15.8. The van der Waals surface area contributed by atoms with Crippen LogP contribution in [0.4, 0.5) is 14.5 Å². The smallest absolute Gasteiger partial charge is 0.338 e. The number of amides is 1. The van der Waals surface area contributed by atoms with E-state index in [1.165, 1.54) is 26.2 Å². The molecule has 0 spiro atoms. The van der Waals surface area contributed by atoms with Crippen molar-refractivity contribution in [1.82, 2.24) is 0 Å². The summed E-state index contributed by atoms with van der Waals surface area (Å²) < 4.78 is 41.9. The van der Waals surface area contributed by atoms with Gasteiger partial charge >= 0.3 is 5.97 Å². The van der Waals surface area contributed by atoms with Crippen LogP contribution in [0.5, 0.6) is 5.75 Å².